The fourth-order valence-electron chi connectivity index (χ4n) is 2.99. The van der Waals surface area contributed by atoms with Crippen molar-refractivity contribution in [2.24, 2.45) is 17.8 Å². The van der Waals surface area contributed by atoms with Crippen molar-refractivity contribution in [3.05, 3.63) is 0 Å². The molecule has 0 saturated heterocycles. The molecule has 1 rings (SSSR count). The molecule has 13 heavy (non-hydrogen) atoms. The third-order valence-electron chi connectivity index (χ3n) is 3.65. The Hall–Kier alpha value is 0.350. The zero-order valence-electron chi connectivity index (χ0n) is 9.76. The Balaban J connectivity index is 2.74. The molecule has 0 aliphatic heterocycles. The zero-order valence-corrected chi connectivity index (χ0v) is 10.6. The van der Waals surface area contributed by atoms with Crippen molar-refractivity contribution in [3.8, 4) is 0 Å². The molecule has 1 aliphatic carbocycles. The van der Waals surface area contributed by atoms with Crippen LogP contribution in [0.3, 0.4) is 0 Å². The highest BCUT2D eigenvalue weighted by Crippen LogP contribution is 2.47. The fraction of sp³-hybridized carbons (Fsp3) is 1.00. The average Bonchev–Trinajstić information content (AvgIpc) is 2.02. The summed E-state index contributed by atoms with van der Waals surface area (Å²) in [4.78, 5) is 0. The molecule has 0 heterocycles. The smallest absolute Gasteiger partial charge is 0.0185 e. The summed E-state index contributed by atoms with van der Waals surface area (Å²) in [6, 6.07) is 0. The monoisotopic (exact) mass is 200 g/mol. The number of hydrogen-bond donors (Lipinski definition) is 0. The number of rotatable bonds is 2. The lowest BCUT2D eigenvalue weighted by Gasteiger charge is -2.44. The number of hydrogen-bond acceptors (Lipinski definition) is 1. The van der Waals surface area contributed by atoms with Gasteiger partial charge < -0.3 is 0 Å². The van der Waals surface area contributed by atoms with Crippen LogP contribution < -0.4 is 0 Å². The Morgan fingerprint density at radius 1 is 1.15 bits per heavy atom. The van der Waals surface area contributed by atoms with Crippen molar-refractivity contribution >= 4 is 11.8 Å². The van der Waals surface area contributed by atoms with Gasteiger partial charge in [0.25, 0.3) is 0 Å². The van der Waals surface area contributed by atoms with Gasteiger partial charge in [-0.3, -0.25) is 0 Å². The highest BCUT2D eigenvalue weighted by atomic mass is 32.2. The molecule has 78 valence electrons. The normalized spacial score (nSPS) is 41.1. The lowest BCUT2D eigenvalue weighted by Crippen LogP contribution is -2.39. The molecule has 0 nitrogen and oxygen atoms in total. The van der Waals surface area contributed by atoms with Crippen molar-refractivity contribution in [3.63, 3.8) is 0 Å². The van der Waals surface area contributed by atoms with Gasteiger partial charge in [0.2, 0.25) is 0 Å². The van der Waals surface area contributed by atoms with Gasteiger partial charge in [0.15, 0.2) is 0 Å². The molecule has 2 atom stereocenters. The van der Waals surface area contributed by atoms with Gasteiger partial charge in [-0.1, -0.05) is 27.7 Å². The third kappa shape index (κ3) is 2.43. The van der Waals surface area contributed by atoms with E-state index in [0.717, 1.165) is 17.8 Å². The predicted octanol–water partition coefficient (Wildman–Crippen LogP) is 4.20. The zero-order chi connectivity index (χ0) is 10.1. The molecular weight excluding hydrogens is 176 g/mol. The van der Waals surface area contributed by atoms with E-state index in [9.17, 15) is 0 Å². The first-order valence-electron chi connectivity index (χ1n) is 5.55. The van der Waals surface area contributed by atoms with Crippen molar-refractivity contribution < 1.29 is 0 Å². The van der Waals surface area contributed by atoms with E-state index in [1.54, 1.807) is 0 Å². The van der Waals surface area contributed by atoms with E-state index in [-0.39, 0.29) is 0 Å². The summed E-state index contributed by atoms with van der Waals surface area (Å²) in [5.74, 6) is 2.69. The molecule has 1 aliphatic rings. The topological polar surface area (TPSA) is 0 Å². The molecule has 0 N–H and O–H groups in total. The maximum atomic E-state index is 2.42. The van der Waals surface area contributed by atoms with Crippen LogP contribution in [0.25, 0.3) is 0 Å². The van der Waals surface area contributed by atoms with Gasteiger partial charge in [-0.2, -0.15) is 11.8 Å². The summed E-state index contributed by atoms with van der Waals surface area (Å²) in [7, 11) is 0. The molecule has 2 unspecified atom stereocenters. The summed E-state index contributed by atoms with van der Waals surface area (Å²) < 4.78 is 0.580. The van der Waals surface area contributed by atoms with E-state index in [0.29, 0.717) is 4.75 Å². The van der Waals surface area contributed by atoms with Crippen LogP contribution in [-0.4, -0.2) is 11.0 Å². The Kier molecular flexibility index (Phi) is 3.73. The molecule has 1 fully saturated rings. The standard InChI is InChI=1S/C12H24S/c1-9(2)12(13-5)7-10(3)6-11(4)8-12/h9-11H,6-8H2,1-5H3. The maximum Gasteiger partial charge on any atom is 0.0185 e. The highest BCUT2D eigenvalue weighted by molar-refractivity contribution is 8.00. The minimum Gasteiger partial charge on any atom is -0.158 e. The molecule has 0 aromatic rings. The molecule has 0 aromatic heterocycles. The van der Waals surface area contributed by atoms with Crippen molar-refractivity contribution in [2.75, 3.05) is 6.26 Å². The van der Waals surface area contributed by atoms with Gasteiger partial charge in [0.05, 0.1) is 0 Å². The van der Waals surface area contributed by atoms with Gasteiger partial charge in [-0.15, -0.1) is 0 Å². The van der Waals surface area contributed by atoms with Gasteiger partial charge in [0.1, 0.15) is 0 Å². The quantitative estimate of drug-likeness (QED) is 0.644. The minimum absolute atomic E-state index is 0.580. The second-order valence-corrected chi connectivity index (χ2v) is 6.50. The average molecular weight is 200 g/mol. The molecule has 0 spiro atoms. The Morgan fingerprint density at radius 3 is 1.92 bits per heavy atom. The van der Waals surface area contributed by atoms with E-state index in [1.165, 1.54) is 19.3 Å². The van der Waals surface area contributed by atoms with E-state index >= 15 is 0 Å². The summed E-state index contributed by atoms with van der Waals surface area (Å²) in [5, 5.41) is 0. The van der Waals surface area contributed by atoms with Crippen LogP contribution in [0.15, 0.2) is 0 Å². The van der Waals surface area contributed by atoms with Crippen LogP contribution in [0.4, 0.5) is 0 Å². The Labute approximate surface area is 87.9 Å². The molecule has 0 aromatic carbocycles. The molecular formula is C12H24S. The highest BCUT2D eigenvalue weighted by Gasteiger charge is 2.39. The van der Waals surface area contributed by atoms with Crippen LogP contribution in [0, 0.1) is 17.8 Å². The molecule has 0 bridgehead atoms. The summed E-state index contributed by atoms with van der Waals surface area (Å²) in [6.45, 7) is 9.62. The fourth-order valence-corrected chi connectivity index (χ4v) is 4.36. The molecule has 0 amide bonds. The van der Waals surface area contributed by atoms with E-state index < -0.39 is 0 Å². The second kappa shape index (κ2) is 4.25. The largest absolute Gasteiger partial charge is 0.158 e. The SMILES string of the molecule is CSC1(C(C)C)CC(C)CC(C)C1. The van der Waals surface area contributed by atoms with Crippen LogP contribution in [0.2, 0.25) is 0 Å². The summed E-state index contributed by atoms with van der Waals surface area (Å²) >= 11 is 2.11. The first-order valence-corrected chi connectivity index (χ1v) is 6.78. The first kappa shape index (κ1) is 11.4. The van der Waals surface area contributed by atoms with Crippen LogP contribution in [0.1, 0.15) is 47.0 Å². The van der Waals surface area contributed by atoms with Gasteiger partial charge in [0, 0.05) is 4.75 Å². The molecule has 1 saturated carbocycles. The van der Waals surface area contributed by atoms with E-state index in [4.69, 9.17) is 0 Å². The molecule has 1 heteroatoms. The Morgan fingerprint density at radius 2 is 1.62 bits per heavy atom. The lowest BCUT2D eigenvalue weighted by molar-refractivity contribution is 0.206. The van der Waals surface area contributed by atoms with Crippen LogP contribution in [0.5, 0.6) is 0 Å². The van der Waals surface area contributed by atoms with E-state index in [2.05, 4.69) is 45.7 Å². The van der Waals surface area contributed by atoms with Gasteiger partial charge >= 0.3 is 0 Å². The number of thioether (sulfide) groups is 1. The summed E-state index contributed by atoms with van der Waals surface area (Å²) in [5.41, 5.74) is 0. The minimum atomic E-state index is 0.580. The van der Waals surface area contributed by atoms with Crippen molar-refractivity contribution in [1.29, 1.82) is 0 Å². The predicted molar refractivity (Wildman–Crippen MR) is 63.3 cm³/mol. The van der Waals surface area contributed by atoms with E-state index in [1.807, 2.05) is 0 Å². The maximum absolute atomic E-state index is 2.42. The lowest BCUT2D eigenvalue weighted by atomic mass is 9.71. The Bertz CT molecular complexity index is 153. The second-order valence-electron chi connectivity index (χ2n) is 5.28. The van der Waals surface area contributed by atoms with Crippen molar-refractivity contribution in [1.82, 2.24) is 0 Å². The van der Waals surface area contributed by atoms with Crippen LogP contribution >= 0.6 is 11.8 Å². The molecule has 0 radical (unpaired) electrons. The van der Waals surface area contributed by atoms with Crippen LogP contribution in [-0.2, 0) is 0 Å². The third-order valence-corrected chi connectivity index (χ3v) is 5.27. The van der Waals surface area contributed by atoms with Gasteiger partial charge in [-0.25, -0.2) is 0 Å². The summed E-state index contributed by atoms with van der Waals surface area (Å²) in [6.07, 6.45) is 6.59. The first-order chi connectivity index (χ1) is 6.00. The van der Waals surface area contributed by atoms with Crippen molar-refractivity contribution in [2.45, 2.75) is 51.7 Å². The van der Waals surface area contributed by atoms with Gasteiger partial charge in [-0.05, 0) is 43.3 Å².